The van der Waals surface area contributed by atoms with E-state index in [1.165, 1.54) is 17.7 Å². The van der Waals surface area contributed by atoms with Crippen LogP contribution in [0.25, 0.3) is 16.0 Å². The van der Waals surface area contributed by atoms with Crippen molar-refractivity contribution in [3.8, 4) is 5.00 Å². The van der Waals surface area contributed by atoms with Crippen LogP contribution in [-0.2, 0) is 13.5 Å². The van der Waals surface area contributed by atoms with Crippen molar-refractivity contribution in [1.82, 2.24) is 35.1 Å². The second-order valence-electron chi connectivity index (χ2n) is 6.65. The Balaban J connectivity index is 1.42. The molecule has 0 atom stereocenters. The highest BCUT2D eigenvalue weighted by Gasteiger charge is 2.21. The Hall–Kier alpha value is -3.07. The molecule has 3 heterocycles. The van der Waals surface area contributed by atoms with Gasteiger partial charge in [-0.05, 0) is 48.4 Å². The number of nitrogens with one attached hydrogen (secondary N) is 1. The van der Waals surface area contributed by atoms with E-state index in [9.17, 15) is 4.79 Å². The standard InChI is InChI=1S/C19H21N7OS/c1-12-13(2)28-19(26-11-21-23-24-26)17(12)18(27)20-10-6-9-16-22-14-7-4-5-8-15(14)25(16)3/h4-5,7-8,11H,6,9-10H2,1-3H3,(H,20,27). The molecule has 28 heavy (non-hydrogen) atoms. The van der Waals surface area contributed by atoms with Gasteiger partial charge in [-0.2, -0.15) is 4.68 Å². The first-order chi connectivity index (χ1) is 13.6. The van der Waals surface area contributed by atoms with Crippen molar-refractivity contribution < 1.29 is 4.79 Å². The number of tetrazole rings is 1. The Bertz CT molecular complexity index is 1130. The Kier molecular flexibility index (Phi) is 4.91. The van der Waals surface area contributed by atoms with Crippen molar-refractivity contribution in [2.45, 2.75) is 26.7 Å². The number of carbonyl (C=O) groups excluding carboxylic acids is 1. The van der Waals surface area contributed by atoms with Gasteiger partial charge < -0.3 is 9.88 Å². The quantitative estimate of drug-likeness (QED) is 0.507. The minimum atomic E-state index is -0.0997. The van der Waals surface area contributed by atoms with Crippen LogP contribution >= 0.6 is 11.3 Å². The van der Waals surface area contributed by atoms with Crippen LogP contribution in [-0.4, -0.2) is 42.2 Å². The predicted octanol–water partition coefficient (Wildman–Crippen LogP) is 2.59. The van der Waals surface area contributed by atoms with Crippen molar-refractivity contribution in [3.63, 3.8) is 0 Å². The Morgan fingerprint density at radius 3 is 2.82 bits per heavy atom. The lowest BCUT2D eigenvalue weighted by Crippen LogP contribution is -2.26. The molecule has 0 bridgehead atoms. The summed E-state index contributed by atoms with van der Waals surface area (Å²) >= 11 is 1.51. The van der Waals surface area contributed by atoms with E-state index < -0.39 is 0 Å². The van der Waals surface area contributed by atoms with Gasteiger partial charge >= 0.3 is 0 Å². The Labute approximate surface area is 166 Å². The largest absolute Gasteiger partial charge is 0.352 e. The molecule has 4 aromatic rings. The molecule has 1 N–H and O–H groups in total. The molecule has 0 aliphatic heterocycles. The van der Waals surface area contributed by atoms with Crippen molar-refractivity contribution in [3.05, 3.63) is 52.4 Å². The summed E-state index contributed by atoms with van der Waals surface area (Å²) in [5.41, 5.74) is 3.72. The first kappa shape index (κ1) is 18.3. The molecule has 0 spiro atoms. The van der Waals surface area contributed by atoms with Crippen molar-refractivity contribution in [2.24, 2.45) is 7.05 Å². The van der Waals surface area contributed by atoms with Gasteiger partial charge in [0.25, 0.3) is 5.91 Å². The van der Waals surface area contributed by atoms with E-state index in [1.54, 1.807) is 4.68 Å². The third-order valence-corrected chi connectivity index (χ3v) is 6.09. The number of aryl methyl sites for hydroxylation is 3. The molecule has 144 valence electrons. The van der Waals surface area contributed by atoms with Crippen LogP contribution < -0.4 is 5.32 Å². The maximum atomic E-state index is 12.8. The van der Waals surface area contributed by atoms with Crippen molar-refractivity contribution in [1.29, 1.82) is 0 Å². The van der Waals surface area contributed by atoms with Gasteiger partial charge in [0.1, 0.15) is 17.2 Å². The van der Waals surface area contributed by atoms with Crippen LogP contribution in [0.1, 0.15) is 33.0 Å². The zero-order chi connectivity index (χ0) is 19.7. The molecule has 0 aliphatic rings. The second-order valence-corrected chi connectivity index (χ2v) is 7.86. The molecule has 0 unspecified atom stereocenters. The van der Waals surface area contributed by atoms with Gasteiger partial charge in [-0.1, -0.05) is 12.1 Å². The molecular weight excluding hydrogens is 374 g/mol. The average molecular weight is 395 g/mol. The molecule has 4 rings (SSSR count). The Morgan fingerprint density at radius 2 is 2.07 bits per heavy atom. The van der Waals surface area contributed by atoms with Crippen molar-refractivity contribution >= 4 is 28.3 Å². The number of rotatable bonds is 6. The summed E-state index contributed by atoms with van der Waals surface area (Å²) < 4.78 is 3.65. The average Bonchev–Trinajstić information content (AvgIpc) is 3.39. The van der Waals surface area contributed by atoms with Crippen LogP contribution in [0.5, 0.6) is 0 Å². The molecule has 8 nitrogen and oxygen atoms in total. The summed E-state index contributed by atoms with van der Waals surface area (Å²) in [5, 5.41) is 15.0. The minimum Gasteiger partial charge on any atom is -0.352 e. The van der Waals surface area contributed by atoms with E-state index in [0.717, 1.165) is 45.1 Å². The molecule has 0 aliphatic carbocycles. The molecule has 0 fully saturated rings. The molecular formula is C19H21N7OS. The first-order valence-corrected chi connectivity index (χ1v) is 9.89. The van der Waals surface area contributed by atoms with Crippen LogP contribution in [0.15, 0.2) is 30.6 Å². The molecule has 1 amide bonds. The van der Waals surface area contributed by atoms with E-state index in [0.29, 0.717) is 12.1 Å². The zero-order valence-corrected chi connectivity index (χ0v) is 16.8. The van der Waals surface area contributed by atoms with E-state index >= 15 is 0 Å². The minimum absolute atomic E-state index is 0.0997. The summed E-state index contributed by atoms with van der Waals surface area (Å²) in [5.74, 6) is 0.921. The second kappa shape index (κ2) is 7.51. The molecule has 0 radical (unpaired) electrons. The summed E-state index contributed by atoms with van der Waals surface area (Å²) in [4.78, 5) is 18.6. The third kappa shape index (κ3) is 3.29. The number of nitrogens with zero attached hydrogens (tertiary/aromatic N) is 6. The van der Waals surface area contributed by atoms with E-state index in [4.69, 9.17) is 0 Å². The molecule has 9 heteroatoms. The van der Waals surface area contributed by atoms with Gasteiger partial charge in [-0.25, -0.2) is 4.98 Å². The van der Waals surface area contributed by atoms with Gasteiger partial charge in [-0.3, -0.25) is 4.79 Å². The number of amides is 1. The number of fused-ring (bicyclic) bond motifs is 1. The fourth-order valence-electron chi connectivity index (χ4n) is 3.25. The number of aromatic nitrogens is 6. The topological polar surface area (TPSA) is 90.5 Å². The van der Waals surface area contributed by atoms with Crippen LogP contribution in [0.2, 0.25) is 0 Å². The third-order valence-electron chi connectivity index (χ3n) is 4.89. The molecule has 1 aromatic carbocycles. The highest BCUT2D eigenvalue weighted by Crippen LogP contribution is 2.30. The fraction of sp³-hybridized carbons (Fsp3) is 0.316. The number of carbonyl (C=O) groups is 1. The lowest BCUT2D eigenvalue weighted by Gasteiger charge is -2.07. The van der Waals surface area contributed by atoms with Crippen LogP contribution in [0, 0.1) is 13.8 Å². The van der Waals surface area contributed by atoms with Crippen molar-refractivity contribution in [2.75, 3.05) is 6.54 Å². The van der Waals surface area contributed by atoms with Crippen LogP contribution in [0.3, 0.4) is 0 Å². The summed E-state index contributed by atoms with van der Waals surface area (Å²) in [7, 11) is 2.03. The number of hydrogen-bond donors (Lipinski definition) is 1. The van der Waals surface area contributed by atoms with Gasteiger partial charge in [0.05, 0.1) is 16.6 Å². The summed E-state index contributed by atoms with van der Waals surface area (Å²) in [6.45, 7) is 4.52. The van der Waals surface area contributed by atoms with Gasteiger partial charge in [-0.15, -0.1) is 16.4 Å². The van der Waals surface area contributed by atoms with Crippen LogP contribution in [0.4, 0.5) is 0 Å². The van der Waals surface area contributed by atoms with E-state index in [1.807, 2.05) is 39.1 Å². The highest BCUT2D eigenvalue weighted by molar-refractivity contribution is 7.15. The molecule has 0 saturated carbocycles. The number of para-hydroxylation sites is 2. The van der Waals surface area contributed by atoms with Gasteiger partial charge in [0, 0.05) is 24.9 Å². The lowest BCUT2D eigenvalue weighted by atomic mass is 10.1. The number of imidazole rings is 1. The van der Waals surface area contributed by atoms with E-state index in [-0.39, 0.29) is 5.91 Å². The number of hydrogen-bond acceptors (Lipinski definition) is 6. The summed E-state index contributed by atoms with van der Waals surface area (Å²) in [6, 6.07) is 8.09. The monoisotopic (exact) mass is 395 g/mol. The maximum absolute atomic E-state index is 12.8. The lowest BCUT2D eigenvalue weighted by molar-refractivity contribution is 0.0953. The highest BCUT2D eigenvalue weighted by atomic mass is 32.1. The molecule has 0 saturated heterocycles. The Morgan fingerprint density at radius 1 is 1.25 bits per heavy atom. The summed E-state index contributed by atoms with van der Waals surface area (Å²) in [6.07, 6.45) is 3.12. The van der Waals surface area contributed by atoms with Gasteiger partial charge in [0.15, 0.2) is 0 Å². The maximum Gasteiger partial charge on any atom is 0.254 e. The SMILES string of the molecule is Cc1sc(-n2cnnn2)c(C(=O)NCCCc2nc3ccccc3n2C)c1C. The molecule has 3 aromatic heterocycles. The predicted molar refractivity (Wildman–Crippen MR) is 108 cm³/mol. The smallest absolute Gasteiger partial charge is 0.254 e. The normalized spacial score (nSPS) is 11.2. The van der Waals surface area contributed by atoms with Gasteiger partial charge in [0.2, 0.25) is 0 Å². The van der Waals surface area contributed by atoms with E-state index in [2.05, 4.69) is 36.5 Å². The number of benzene rings is 1. The zero-order valence-electron chi connectivity index (χ0n) is 16.0. The number of thiophene rings is 1. The first-order valence-electron chi connectivity index (χ1n) is 9.08. The fourth-order valence-corrected chi connectivity index (χ4v) is 4.32.